The molecule has 0 unspecified atom stereocenters. The van der Waals surface area contributed by atoms with Crippen LogP contribution in [0.3, 0.4) is 0 Å². The Hall–Kier alpha value is -4.31. The SMILES string of the molecule is C[C@H](Oc1nc(N(C)[C@H](C)c2cccnc2N)c2cc(Cl)c(-c3ccc(F)c4sc(N)c(C#N)c34)c(F)c2n1)[C@@H]1CCCN1C. The average molecular weight is 649 g/mol. The number of likely N-dealkylation sites (N-methyl/N-ethyl adjacent to an activating group) is 1. The number of nitriles is 1. The van der Waals surface area contributed by atoms with Gasteiger partial charge in [0.25, 0.3) is 0 Å². The molecule has 1 saturated heterocycles. The number of nitrogens with zero attached hydrogens (tertiary/aromatic N) is 6. The lowest BCUT2D eigenvalue weighted by Gasteiger charge is -2.29. The van der Waals surface area contributed by atoms with Crippen molar-refractivity contribution >= 4 is 60.6 Å². The molecular formula is C32H31ClF2N8OS. The Balaban J connectivity index is 1.57. The quantitative estimate of drug-likeness (QED) is 0.193. The third kappa shape index (κ3) is 5.24. The van der Waals surface area contributed by atoms with Gasteiger partial charge in [-0.05, 0) is 64.0 Å². The lowest BCUT2D eigenvalue weighted by Crippen LogP contribution is -2.38. The molecule has 9 nitrogen and oxygen atoms in total. The second-order valence-electron chi connectivity index (χ2n) is 11.3. The first-order chi connectivity index (χ1) is 21.5. The largest absolute Gasteiger partial charge is 0.459 e. The van der Waals surface area contributed by atoms with Crippen molar-refractivity contribution in [3.63, 3.8) is 0 Å². The fourth-order valence-electron chi connectivity index (χ4n) is 6.19. The van der Waals surface area contributed by atoms with Crippen molar-refractivity contribution in [3.05, 3.63) is 64.3 Å². The zero-order chi connectivity index (χ0) is 32.2. The van der Waals surface area contributed by atoms with Crippen molar-refractivity contribution in [2.75, 3.05) is 37.0 Å². The van der Waals surface area contributed by atoms with Crippen molar-refractivity contribution in [2.24, 2.45) is 0 Å². The molecule has 0 spiro atoms. The maximum atomic E-state index is 16.9. The van der Waals surface area contributed by atoms with Crippen LogP contribution < -0.4 is 21.1 Å². The Labute approximate surface area is 268 Å². The predicted octanol–water partition coefficient (Wildman–Crippen LogP) is 6.93. The molecule has 0 amide bonds. The summed E-state index contributed by atoms with van der Waals surface area (Å²) in [5.41, 5.74) is 13.2. The van der Waals surface area contributed by atoms with Crippen LogP contribution in [0.4, 0.5) is 25.4 Å². The van der Waals surface area contributed by atoms with E-state index >= 15 is 4.39 Å². The Morgan fingerprint density at radius 1 is 1.22 bits per heavy atom. The number of rotatable bonds is 7. The number of fused-ring (bicyclic) bond motifs is 2. The van der Waals surface area contributed by atoms with E-state index in [2.05, 4.69) is 14.9 Å². The molecule has 1 aliphatic heterocycles. The van der Waals surface area contributed by atoms with Crippen LogP contribution in [0.15, 0.2) is 36.5 Å². The molecule has 232 valence electrons. The fourth-order valence-corrected chi connectivity index (χ4v) is 7.43. The van der Waals surface area contributed by atoms with Crippen LogP contribution in [0, 0.1) is 23.0 Å². The zero-order valence-corrected chi connectivity index (χ0v) is 26.7. The first-order valence-electron chi connectivity index (χ1n) is 14.4. The number of nitrogens with two attached hydrogens (primary N) is 2. The van der Waals surface area contributed by atoms with Gasteiger partial charge in [-0.25, -0.2) is 13.8 Å². The van der Waals surface area contributed by atoms with Gasteiger partial charge in [0.2, 0.25) is 0 Å². The first kappa shape index (κ1) is 30.7. The molecule has 13 heteroatoms. The Bertz CT molecular complexity index is 2000. The van der Waals surface area contributed by atoms with Gasteiger partial charge in [0.05, 0.1) is 21.3 Å². The monoisotopic (exact) mass is 648 g/mol. The standard InChI is InChI=1S/C32H31ClF2N8OS/c1-15(17-7-5-11-39-29(17)37)43(4)31-19-13-21(33)25(18-9-10-22(34)28-24(18)20(14-36)30(38)45-28)26(35)27(19)40-32(41-31)44-16(2)23-8-6-12-42(23)3/h5,7,9-11,13,15-16,23H,6,8,12,38H2,1-4H3,(H2,37,39)/t15-,16+,23+/m1/s1. The summed E-state index contributed by atoms with van der Waals surface area (Å²) in [4.78, 5) is 17.6. The second kappa shape index (κ2) is 11.9. The van der Waals surface area contributed by atoms with Crippen molar-refractivity contribution in [1.29, 1.82) is 5.26 Å². The summed E-state index contributed by atoms with van der Waals surface area (Å²) in [6, 6.07) is 9.70. The molecule has 2 aromatic carbocycles. The van der Waals surface area contributed by atoms with Crippen LogP contribution in [0.2, 0.25) is 5.02 Å². The number of hydrogen-bond donors (Lipinski definition) is 2. The van der Waals surface area contributed by atoms with E-state index in [9.17, 15) is 9.65 Å². The zero-order valence-electron chi connectivity index (χ0n) is 25.1. The van der Waals surface area contributed by atoms with E-state index in [1.54, 1.807) is 18.3 Å². The van der Waals surface area contributed by atoms with Gasteiger partial charge in [0, 0.05) is 41.2 Å². The maximum Gasteiger partial charge on any atom is 0.319 e. The first-order valence-corrected chi connectivity index (χ1v) is 15.6. The number of anilines is 3. The van der Waals surface area contributed by atoms with Gasteiger partial charge in [-0.1, -0.05) is 23.7 Å². The highest BCUT2D eigenvalue weighted by Crippen LogP contribution is 2.46. The number of halogens is 3. The number of hydrogen-bond acceptors (Lipinski definition) is 10. The van der Waals surface area contributed by atoms with E-state index in [-0.39, 0.29) is 66.5 Å². The number of nitrogen functional groups attached to an aromatic ring is 2. The molecule has 3 atom stereocenters. The highest BCUT2D eigenvalue weighted by Gasteiger charge is 2.31. The summed E-state index contributed by atoms with van der Waals surface area (Å²) >= 11 is 7.75. The second-order valence-corrected chi connectivity index (χ2v) is 12.8. The molecule has 5 aromatic rings. The highest BCUT2D eigenvalue weighted by molar-refractivity contribution is 7.23. The van der Waals surface area contributed by atoms with Gasteiger partial charge in [0.1, 0.15) is 40.1 Å². The molecule has 0 bridgehead atoms. The predicted molar refractivity (Wildman–Crippen MR) is 176 cm³/mol. The van der Waals surface area contributed by atoms with Crippen molar-refractivity contribution < 1.29 is 13.5 Å². The van der Waals surface area contributed by atoms with E-state index < -0.39 is 11.6 Å². The molecule has 0 aliphatic carbocycles. The lowest BCUT2D eigenvalue weighted by molar-refractivity contribution is 0.112. The van der Waals surface area contributed by atoms with Gasteiger partial charge in [0.15, 0.2) is 5.82 Å². The Morgan fingerprint density at radius 2 is 2.00 bits per heavy atom. The van der Waals surface area contributed by atoms with Gasteiger partial charge >= 0.3 is 6.01 Å². The summed E-state index contributed by atoms with van der Waals surface area (Å²) in [5, 5.41) is 10.5. The smallest absolute Gasteiger partial charge is 0.319 e. The molecule has 0 saturated carbocycles. The number of thiophene rings is 1. The molecule has 0 radical (unpaired) electrons. The number of likely N-dealkylation sites (tertiary alicyclic amines) is 1. The van der Waals surface area contributed by atoms with E-state index in [0.717, 1.165) is 36.3 Å². The van der Waals surface area contributed by atoms with Gasteiger partial charge in [-0.15, -0.1) is 11.3 Å². The topological polar surface area (TPSA) is 130 Å². The fraction of sp³-hybridized carbons (Fsp3) is 0.312. The normalized spacial score (nSPS) is 16.6. The number of ether oxygens (including phenoxy) is 1. The third-order valence-electron chi connectivity index (χ3n) is 8.69. The summed E-state index contributed by atoms with van der Waals surface area (Å²) in [5.74, 6) is -0.604. The number of benzene rings is 2. The maximum absolute atomic E-state index is 16.9. The summed E-state index contributed by atoms with van der Waals surface area (Å²) in [6.45, 7) is 4.84. The van der Waals surface area contributed by atoms with Gasteiger partial charge in [-0.3, -0.25) is 4.90 Å². The number of pyridine rings is 1. The van der Waals surface area contributed by atoms with Crippen molar-refractivity contribution in [2.45, 2.75) is 44.9 Å². The van der Waals surface area contributed by atoms with Crippen LogP contribution in [-0.2, 0) is 0 Å². The molecule has 4 heterocycles. The highest BCUT2D eigenvalue weighted by atomic mass is 35.5. The Morgan fingerprint density at radius 3 is 2.69 bits per heavy atom. The average Bonchev–Trinajstić information content (AvgIpc) is 3.60. The van der Waals surface area contributed by atoms with Crippen LogP contribution in [-0.4, -0.2) is 52.6 Å². The van der Waals surface area contributed by atoms with E-state index in [4.69, 9.17) is 32.8 Å². The summed E-state index contributed by atoms with van der Waals surface area (Å²) in [7, 11) is 3.86. The molecule has 45 heavy (non-hydrogen) atoms. The summed E-state index contributed by atoms with van der Waals surface area (Å²) < 4.78 is 38.2. The number of aromatic nitrogens is 3. The van der Waals surface area contributed by atoms with Crippen LogP contribution >= 0.6 is 22.9 Å². The molecule has 1 fully saturated rings. The minimum atomic E-state index is -0.764. The lowest BCUT2D eigenvalue weighted by atomic mass is 9.97. The molecule has 6 rings (SSSR count). The van der Waals surface area contributed by atoms with E-state index in [1.807, 2.05) is 45.0 Å². The van der Waals surface area contributed by atoms with Gasteiger partial charge < -0.3 is 21.1 Å². The third-order valence-corrected chi connectivity index (χ3v) is 10.0. The molecule has 4 N–H and O–H groups in total. The Kier molecular flexibility index (Phi) is 8.11. The molecule has 3 aromatic heterocycles. The van der Waals surface area contributed by atoms with Gasteiger partial charge in [-0.2, -0.15) is 15.2 Å². The van der Waals surface area contributed by atoms with E-state index in [0.29, 0.717) is 17.0 Å². The van der Waals surface area contributed by atoms with Crippen molar-refractivity contribution in [1.82, 2.24) is 19.9 Å². The molecular weight excluding hydrogens is 618 g/mol. The minimum Gasteiger partial charge on any atom is -0.459 e. The van der Waals surface area contributed by atoms with E-state index in [1.165, 1.54) is 12.1 Å². The van der Waals surface area contributed by atoms with Crippen molar-refractivity contribution in [3.8, 4) is 23.2 Å². The minimum absolute atomic E-state index is 0.00238. The van der Waals surface area contributed by atoms with Crippen LogP contribution in [0.1, 0.15) is 43.9 Å². The molecule has 1 aliphatic rings. The van der Waals surface area contributed by atoms with Crippen LogP contribution in [0.25, 0.3) is 32.1 Å². The van der Waals surface area contributed by atoms with Crippen LogP contribution in [0.5, 0.6) is 6.01 Å². The summed E-state index contributed by atoms with van der Waals surface area (Å²) in [6.07, 6.45) is 3.33.